The van der Waals surface area contributed by atoms with Crippen LogP contribution in [0.25, 0.3) is 0 Å². The fourth-order valence-corrected chi connectivity index (χ4v) is 1.99. The summed E-state index contributed by atoms with van der Waals surface area (Å²) in [6.07, 6.45) is 1.13. The Balaban J connectivity index is 2.10. The van der Waals surface area contributed by atoms with Gasteiger partial charge in [0.25, 0.3) is 0 Å². The SMILES string of the molecule is CNc1cc(NCC2CCOC2)nc(C(C)(C)C)n1. The predicted octanol–water partition coefficient (Wildman–Crippen LogP) is 2.26. The zero-order chi connectivity index (χ0) is 13.9. The van der Waals surface area contributed by atoms with Gasteiger partial charge in [0.05, 0.1) is 6.61 Å². The fraction of sp³-hybridized carbons (Fsp3) is 0.714. The molecule has 5 nitrogen and oxygen atoms in total. The molecule has 1 aromatic rings. The number of rotatable bonds is 4. The summed E-state index contributed by atoms with van der Waals surface area (Å²) in [7, 11) is 1.88. The molecule has 0 radical (unpaired) electrons. The van der Waals surface area contributed by atoms with Crippen LogP contribution in [0.2, 0.25) is 0 Å². The molecule has 0 aliphatic carbocycles. The molecule has 0 spiro atoms. The Morgan fingerprint density at radius 2 is 2.05 bits per heavy atom. The van der Waals surface area contributed by atoms with Crippen molar-refractivity contribution in [3.63, 3.8) is 0 Å². The lowest BCUT2D eigenvalue weighted by Gasteiger charge is -2.19. The summed E-state index contributed by atoms with van der Waals surface area (Å²) < 4.78 is 5.38. The van der Waals surface area contributed by atoms with Crippen LogP contribution >= 0.6 is 0 Å². The molecule has 2 rings (SSSR count). The minimum absolute atomic E-state index is 0.0558. The van der Waals surface area contributed by atoms with Crippen LogP contribution in [0.4, 0.5) is 11.6 Å². The van der Waals surface area contributed by atoms with E-state index < -0.39 is 0 Å². The summed E-state index contributed by atoms with van der Waals surface area (Å²) in [6.45, 7) is 9.00. The van der Waals surface area contributed by atoms with Crippen molar-refractivity contribution in [2.24, 2.45) is 5.92 Å². The third kappa shape index (κ3) is 3.80. The van der Waals surface area contributed by atoms with Crippen LogP contribution in [0.1, 0.15) is 33.0 Å². The average Bonchev–Trinajstić information content (AvgIpc) is 2.88. The third-order valence-electron chi connectivity index (χ3n) is 3.25. The second kappa shape index (κ2) is 5.74. The van der Waals surface area contributed by atoms with Crippen molar-refractivity contribution in [3.05, 3.63) is 11.9 Å². The monoisotopic (exact) mass is 264 g/mol. The summed E-state index contributed by atoms with van der Waals surface area (Å²) >= 11 is 0. The highest BCUT2D eigenvalue weighted by molar-refractivity contribution is 5.47. The first kappa shape index (κ1) is 14.1. The molecular formula is C14H24N4O. The average molecular weight is 264 g/mol. The van der Waals surface area contributed by atoms with Crippen molar-refractivity contribution in [2.75, 3.05) is 37.4 Å². The Morgan fingerprint density at radius 1 is 1.32 bits per heavy atom. The van der Waals surface area contributed by atoms with Gasteiger partial charge in [-0.2, -0.15) is 0 Å². The lowest BCUT2D eigenvalue weighted by molar-refractivity contribution is 0.187. The first-order chi connectivity index (χ1) is 8.99. The molecule has 1 fully saturated rings. The first-order valence-electron chi connectivity index (χ1n) is 6.88. The number of aromatic nitrogens is 2. The highest BCUT2D eigenvalue weighted by Crippen LogP contribution is 2.22. The maximum absolute atomic E-state index is 5.38. The molecule has 106 valence electrons. The Morgan fingerprint density at radius 3 is 2.63 bits per heavy atom. The quantitative estimate of drug-likeness (QED) is 0.873. The molecule has 0 bridgehead atoms. The zero-order valence-electron chi connectivity index (χ0n) is 12.3. The van der Waals surface area contributed by atoms with Gasteiger partial charge in [-0.15, -0.1) is 0 Å². The molecule has 1 aliphatic rings. The van der Waals surface area contributed by atoms with Crippen molar-refractivity contribution in [2.45, 2.75) is 32.6 Å². The lowest BCUT2D eigenvalue weighted by atomic mass is 9.96. The largest absolute Gasteiger partial charge is 0.381 e. The van der Waals surface area contributed by atoms with Gasteiger partial charge in [-0.05, 0) is 6.42 Å². The number of hydrogen-bond acceptors (Lipinski definition) is 5. The fourth-order valence-electron chi connectivity index (χ4n) is 1.99. The molecule has 0 saturated carbocycles. The van der Waals surface area contributed by atoms with Gasteiger partial charge in [0, 0.05) is 37.6 Å². The molecule has 1 unspecified atom stereocenters. The molecule has 1 atom stereocenters. The molecule has 2 N–H and O–H groups in total. The second-order valence-electron chi connectivity index (χ2n) is 6.07. The maximum Gasteiger partial charge on any atom is 0.138 e. The number of nitrogens with one attached hydrogen (secondary N) is 2. The van der Waals surface area contributed by atoms with Gasteiger partial charge in [-0.1, -0.05) is 20.8 Å². The molecule has 5 heteroatoms. The molecule has 1 saturated heterocycles. The molecule has 19 heavy (non-hydrogen) atoms. The van der Waals surface area contributed by atoms with E-state index in [2.05, 4.69) is 41.4 Å². The minimum Gasteiger partial charge on any atom is -0.381 e. The number of ether oxygens (including phenoxy) is 1. The van der Waals surface area contributed by atoms with Crippen molar-refractivity contribution in [1.82, 2.24) is 9.97 Å². The molecule has 0 amide bonds. The van der Waals surface area contributed by atoms with Crippen molar-refractivity contribution in [1.29, 1.82) is 0 Å². The van der Waals surface area contributed by atoms with Crippen LogP contribution in [-0.2, 0) is 10.2 Å². The highest BCUT2D eigenvalue weighted by atomic mass is 16.5. The van der Waals surface area contributed by atoms with E-state index in [1.165, 1.54) is 0 Å². The van der Waals surface area contributed by atoms with Crippen LogP contribution in [-0.4, -0.2) is 36.8 Å². The van der Waals surface area contributed by atoms with Gasteiger partial charge in [0.15, 0.2) is 0 Å². The summed E-state index contributed by atoms with van der Waals surface area (Å²) in [5, 5.41) is 6.49. The Bertz CT molecular complexity index is 422. The molecule has 2 heterocycles. The van der Waals surface area contributed by atoms with Crippen LogP contribution in [0.3, 0.4) is 0 Å². The van der Waals surface area contributed by atoms with E-state index in [0.29, 0.717) is 5.92 Å². The van der Waals surface area contributed by atoms with Gasteiger partial charge >= 0.3 is 0 Å². The van der Waals surface area contributed by atoms with Gasteiger partial charge in [-0.3, -0.25) is 0 Å². The standard InChI is InChI=1S/C14H24N4O/c1-14(2,3)13-17-11(15-4)7-12(18-13)16-8-10-5-6-19-9-10/h7,10H,5-6,8-9H2,1-4H3,(H2,15,16,17,18). The van der Waals surface area contributed by atoms with E-state index in [4.69, 9.17) is 4.74 Å². The van der Waals surface area contributed by atoms with Gasteiger partial charge in [-0.25, -0.2) is 9.97 Å². The van der Waals surface area contributed by atoms with Gasteiger partial charge < -0.3 is 15.4 Å². The predicted molar refractivity (Wildman–Crippen MR) is 77.7 cm³/mol. The summed E-state index contributed by atoms with van der Waals surface area (Å²) in [6, 6.07) is 1.95. The van der Waals surface area contributed by atoms with E-state index in [0.717, 1.165) is 43.6 Å². The first-order valence-corrected chi connectivity index (χ1v) is 6.88. The Kier molecular flexibility index (Phi) is 4.24. The molecule has 1 aliphatic heterocycles. The Labute approximate surface area is 115 Å². The van der Waals surface area contributed by atoms with E-state index in [1.54, 1.807) is 0 Å². The number of nitrogens with zero attached hydrogens (tertiary/aromatic N) is 2. The highest BCUT2D eigenvalue weighted by Gasteiger charge is 2.20. The number of anilines is 2. The van der Waals surface area contributed by atoms with E-state index >= 15 is 0 Å². The number of hydrogen-bond donors (Lipinski definition) is 2. The topological polar surface area (TPSA) is 59.1 Å². The zero-order valence-corrected chi connectivity index (χ0v) is 12.3. The second-order valence-corrected chi connectivity index (χ2v) is 6.07. The van der Waals surface area contributed by atoms with E-state index in [9.17, 15) is 0 Å². The smallest absolute Gasteiger partial charge is 0.138 e. The van der Waals surface area contributed by atoms with Crippen molar-refractivity contribution in [3.8, 4) is 0 Å². The third-order valence-corrected chi connectivity index (χ3v) is 3.25. The van der Waals surface area contributed by atoms with Crippen molar-refractivity contribution < 1.29 is 4.74 Å². The molecule has 0 aromatic carbocycles. The van der Waals surface area contributed by atoms with Gasteiger partial charge in [0.2, 0.25) is 0 Å². The molecular weight excluding hydrogens is 240 g/mol. The minimum atomic E-state index is -0.0558. The van der Waals surface area contributed by atoms with Crippen molar-refractivity contribution >= 4 is 11.6 Å². The van der Waals surface area contributed by atoms with E-state index in [-0.39, 0.29) is 5.41 Å². The summed E-state index contributed by atoms with van der Waals surface area (Å²) in [5.41, 5.74) is -0.0558. The summed E-state index contributed by atoms with van der Waals surface area (Å²) in [5.74, 6) is 3.18. The lowest BCUT2D eigenvalue weighted by Crippen LogP contribution is -2.20. The van der Waals surface area contributed by atoms with E-state index in [1.807, 2.05) is 13.1 Å². The maximum atomic E-state index is 5.38. The normalized spacial score (nSPS) is 19.5. The van der Waals surface area contributed by atoms with Crippen LogP contribution < -0.4 is 10.6 Å². The van der Waals surface area contributed by atoms with Crippen LogP contribution in [0.15, 0.2) is 6.07 Å². The van der Waals surface area contributed by atoms with Crippen LogP contribution in [0.5, 0.6) is 0 Å². The van der Waals surface area contributed by atoms with Gasteiger partial charge in [0.1, 0.15) is 17.5 Å². The molecule has 1 aromatic heterocycles. The Hall–Kier alpha value is -1.36. The van der Waals surface area contributed by atoms with Crippen LogP contribution in [0, 0.1) is 5.92 Å². The summed E-state index contributed by atoms with van der Waals surface area (Å²) in [4.78, 5) is 9.13.